The molecule has 0 spiro atoms. The van der Waals surface area contributed by atoms with Crippen molar-refractivity contribution in [3.05, 3.63) is 58.5 Å². The number of nitrogens with zero attached hydrogens (tertiary/aromatic N) is 3. The fourth-order valence-electron chi connectivity index (χ4n) is 2.70. The van der Waals surface area contributed by atoms with E-state index in [4.69, 9.17) is 11.6 Å². The maximum atomic E-state index is 12.7. The van der Waals surface area contributed by atoms with Crippen LogP contribution in [0, 0.1) is 13.8 Å². The molecule has 24 heavy (non-hydrogen) atoms. The smallest absolute Gasteiger partial charge is 0.276 e. The van der Waals surface area contributed by atoms with E-state index >= 15 is 0 Å². The predicted molar refractivity (Wildman–Crippen MR) is 97.2 cm³/mol. The number of carbonyl (C=O) groups excluding carboxylic acids is 1. The zero-order chi connectivity index (χ0) is 16.8. The van der Waals surface area contributed by atoms with Crippen molar-refractivity contribution in [1.82, 2.24) is 14.4 Å². The number of amides is 1. The summed E-state index contributed by atoms with van der Waals surface area (Å²) in [5.74, 6) is -0.228. The lowest BCUT2D eigenvalue weighted by molar-refractivity contribution is 0.102. The van der Waals surface area contributed by atoms with Gasteiger partial charge in [-0.05, 0) is 43.7 Å². The number of hydrogen-bond acceptors (Lipinski definition) is 4. The minimum atomic E-state index is -0.228. The quantitative estimate of drug-likeness (QED) is 0.576. The Labute approximate surface area is 146 Å². The van der Waals surface area contributed by atoms with Crippen molar-refractivity contribution in [2.45, 2.75) is 13.8 Å². The summed E-state index contributed by atoms with van der Waals surface area (Å²) in [6.45, 7) is 3.74. The Hall–Kier alpha value is -2.44. The molecule has 0 unspecified atom stereocenters. The summed E-state index contributed by atoms with van der Waals surface area (Å²) >= 11 is 7.56. The average molecular weight is 357 g/mol. The second-order valence-corrected chi connectivity index (χ2v) is 6.90. The highest BCUT2D eigenvalue weighted by Gasteiger charge is 2.18. The fourth-order valence-corrected chi connectivity index (χ4v) is 3.77. The van der Waals surface area contributed by atoms with Crippen LogP contribution in [0.1, 0.15) is 21.7 Å². The monoisotopic (exact) mass is 356 g/mol. The van der Waals surface area contributed by atoms with Gasteiger partial charge in [0.25, 0.3) is 5.91 Å². The fraction of sp³-hybridized carbons (Fsp3) is 0.118. The lowest BCUT2D eigenvalue weighted by Gasteiger charge is -2.02. The summed E-state index contributed by atoms with van der Waals surface area (Å²) in [6, 6.07) is 9.39. The maximum Gasteiger partial charge on any atom is 0.276 e. The molecule has 1 N–H and O–H groups in total. The number of aryl methyl sites for hydroxylation is 2. The summed E-state index contributed by atoms with van der Waals surface area (Å²) < 4.78 is 2.77. The SMILES string of the molecule is Cc1nc2ccccn2c1C(=O)Nc1nc2c(C)c(Cl)ccc2s1. The van der Waals surface area contributed by atoms with E-state index < -0.39 is 0 Å². The molecule has 120 valence electrons. The van der Waals surface area contributed by atoms with Gasteiger partial charge in [-0.2, -0.15) is 0 Å². The van der Waals surface area contributed by atoms with Gasteiger partial charge in [0.15, 0.2) is 5.13 Å². The van der Waals surface area contributed by atoms with Crippen LogP contribution in [0.4, 0.5) is 5.13 Å². The molecule has 4 rings (SSSR count). The Morgan fingerprint density at radius 2 is 2.04 bits per heavy atom. The maximum absolute atomic E-state index is 12.7. The van der Waals surface area contributed by atoms with Crippen LogP contribution >= 0.6 is 22.9 Å². The number of thiazole rings is 1. The molecule has 0 aliphatic carbocycles. The van der Waals surface area contributed by atoms with E-state index in [0.717, 1.165) is 21.4 Å². The predicted octanol–water partition coefficient (Wildman–Crippen LogP) is 4.47. The molecule has 0 atom stereocenters. The van der Waals surface area contributed by atoms with Crippen LogP contribution in [0.15, 0.2) is 36.5 Å². The molecular formula is C17H13ClN4OS. The minimum absolute atomic E-state index is 0.228. The van der Waals surface area contributed by atoms with E-state index in [0.29, 0.717) is 21.5 Å². The standard InChI is InChI=1S/C17H13ClN4OS/c1-9-11(18)6-7-12-14(9)20-17(24-12)21-16(23)15-10(2)19-13-5-3-4-8-22(13)15/h3-8H,1-2H3,(H,20,21,23). The highest BCUT2D eigenvalue weighted by atomic mass is 35.5. The lowest BCUT2D eigenvalue weighted by atomic mass is 10.2. The van der Waals surface area contributed by atoms with Crippen molar-refractivity contribution in [2.75, 3.05) is 5.32 Å². The molecule has 5 nitrogen and oxygen atoms in total. The number of imidazole rings is 1. The Bertz CT molecular complexity index is 1100. The topological polar surface area (TPSA) is 59.3 Å². The van der Waals surface area contributed by atoms with E-state index in [-0.39, 0.29) is 5.91 Å². The molecule has 0 radical (unpaired) electrons. The molecule has 1 amide bonds. The van der Waals surface area contributed by atoms with E-state index in [1.54, 1.807) is 4.40 Å². The largest absolute Gasteiger partial charge is 0.296 e. The van der Waals surface area contributed by atoms with Crippen LogP contribution in [-0.2, 0) is 0 Å². The van der Waals surface area contributed by atoms with E-state index in [1.807, 2.05) is 50.4 Å². The van der Waals surface area contributed by atoms with Gasteiger partial charge in [0.2, 0.25) is 0 Å². The summed E-state index contributed by atoms with van der Waals surface area (Å²) in [6.07, 6.45) is 1.83. The van der Waals surface area contributed by atoms with Crippen LogP contribution in [0.25, 0.3) is 15.9 Å². The van der Waals surface area contributed by atoms with Gasteiger partial charge in [0.1, 0.15) is 11.3 Å². The number of aromatic nitrogens is 3. The summed E-state index contributed by atoms with van der Waals surface area (Å²) in [4.78, 5) is 21.6. The third kappa shape index (κ3) is 2.35. The number of benzene rings is 1. The van der Waals surface area contributed by atoms with Crippen molar-refractivity contribution in [2.24, 2.45) is 0 Å². The van der Waals surface area contributed by atoms with Crippen LogP contribution in [0.2, 0.25) is 5.02 Å². The third-order valence-corrected chi connectivity index (χ3v) is 5.23. The highest BCUT2D eigenvalue weighted by Crippen LogP contribution is 2.32. The molecule has 0 bridgehead atoms. The zero-order valence-electron chi connectivity index (χ0n) is 13.0. The molecule has 0 fully saturated rings. The van der Waals surface area contributed by atoms with E-state index in [2.05, 4.69) is 15.3 Å². The van der Waals surface area contributed by atoms with Gasteiger partial charge in [-0.15, -0.1) is 0 Å². The normalized spacial score (nSPS) is 11.3. The molecule has 0 aliphatic heterocycles. The Morgan fingerprint density at radius 3 is 2.88 bits per heavy atom. The second-order valence-electron chi connectivity index (χ2n) is 5.47. The molecule has 7 heteroatoms. The van der Waals surface area contributed by atoms with Crippen molar-refractivity contribution in [3.63, 3.8) is 0 Å². The van der Waals surface area contributed by atoms with Gasteiger partial charge in [0, 0.05) is 11.2 Å². The van der Waals surface area contributed by atoms with Gasteiger partial charge in [-0.1, -0.05) is 29.0 Å². The van der Waals surface area contributed by atoms with Crippen molar-refractivity contribution in [1.29, 1.82) is 0 Å². The van der Waals surface area contributed by atoms with Crippen LogP contribution in [0.5, 0.6) is 0 Å². The minimum Gasteiger partial charge on any atom is -0.296 e. The number of pyridine rings is 1. The summed E-state index contributed by atoms with van der Waals surface area (Å²) in [5, 5.41) is 4.09. The number of rotatable bonds is 2. The molecule has 0 saturated heterocycles. The Morgan fingerprint density at radius 1 is 1.21 bits per heavy atom. The zero-order valence-corrected chi connectivity index (χ0v) is 14.6. The van der Waals surface area contributed by atoms with E-state index in [1.165, 1.54) is 11.3 Å². The molecule has 3 aromatic heterocycles. The number of nitrogens with one attached hydrogen (secondary N) is 1. The van der Waals surface area contributed by atoms with Gasteiger partial charge in [0.05, 0.1) is 15.9 Å². The van der Waals surface area contributed by atoms with E-state index in [9.17, 15) is 4.79 Å². The molecule has 3 heterocycles. The first kappa shape index (κ1) is 15.1. The first-order valence-electron chi connectivity index (χ1n) is 7.35. The van der Waals surface area contributed by atoms with Crippen molar-refractivity contribution in [3.8, 4) is 0 Å². The first-order chi connectivity index (χ1) is 11.5. The van der Waals surface area contributed by atoms with Gasteiger partial charge in [-0.3, -0.25) is 14.5 Å². The van der Waals surface area contributed by atoms with Gasteiger partial charge < -0.3 is 0 Å². The van der Waals surface area contributed by atoms with Crippen LogP contribution < -0.4 is 5.32 Å². The summed E-state index contributed by atoms with van der Waals surface area (Å²) in [7, 11) is 0. The first-order valence-corrected chi connectivity index (χ1v) is 8.55. The molecule has 4 aromatic rings. The molecular weight excluding hydrogens is 344 g/mol. The van der Waals surface area contributed by atoms with Gasteiger partial charge in [-0.25, -0.2) is 9.97 Å². The number of anilines is 1. The van der Waals surface area contributed by atoms with Gasteiger partial charge >= 0.3 is 0 Å². The second kappa shape index (κ2) is 5.58. The molecule has 1 aromatic carbocycles. The third-order valence-electron chi connectivity index (χ3n) is 3.89. The number of fused-ring (bicyclic) bond motifs is 2. The van der Waals surface area contributed by atoms with Crippen molar-refractivity contribution >= 4 is 49.8 Å². The van der Waals surface area contributed by atoms with Crippen LogP contribution in [-0.4, -0.2) is 20.3 Å². The summed E-state index contributed by atoms with van der Waals surface area (Å²) in [5.41, 5.74) is 3.67. The number of carbonyl (C=O) groups is 1. The average Bonchev–Trinajstić information content (AvgIpc) is 3.11. The molecule has 0 saturated carbocycles. The number of halogens is 1. The Balaban J connectivity index is 1.73. The van der Waals surface area contributed by atoms with Crippen molar-refractivity contribution < 1.29 is 4.79 Å². The lowest BCUT2D eigenvalue weighted by Crippen LogP contribution is -2.15. The number of hydrogen-bond donors (Lipinski definition) is 1. The molecule has 0 aliphatic rings. The Kier molecular flexibility index (Phi) is 3.51. The highest BCUT2D eigenvalue weighted by molar-refractivity contribution is 7.22. The van der Waals surface area contributed by atoms with Crippen LogP contribution in [0.3, 0.4) is 0 Å².